The second kappa shape index (κ2) is 5.17. The number of amides is 1. The second-order valence-electron chi connectivity index (χ2n) is 4.74. The lowest BCUT2D eigenvalue weighted by molar-refractivity contribution is -0.116. The molecule has 1 aromatic carbocycles. The number of benzene rings is 1. The number of rotatable bonds is 3. The summed E-state index contributed by atoms with van der Waals surface area (Å²) in [6.07, 6.45) is 1.60. The fourth-order valence-corrected chi connectivity index (χ4v) is 3.06. The molecule has 2 aromatic heterocycles. The van der Waals surface area contributed by atoms with Crippen molar-refractivity contribution >= 4 is 33.2 Å². The standard InChI is InChI=1S/C14H14N4O2S/c1-9-11(7-15-17(9)2)16-13(19)8-18-14(20)10-5-3-4-6-12(10)21-18/h3-7H,8H2,1-2H3,(H,16,19). The number of hydrogen-bond donors (Lipinski definition) is 1. The van der Waals surface area contributed by atoms with Crippen LogP contribution in [0.15, 0.2) is 35.3 Å². The number of carbonyl (C=O) groups is 1. The Bertz CT molecular complexity index is 875. The maximum absolute atomic E-state index is 12.2. The highest BCUT2D eigenvalue weighted by atomic mass is 32.1. The lowest BCUT2D eigenvalue weighted by atomic mass is 10.3. The number of aromatic nitrogens is 3. The highest BCUT2D eigenvalue weighted by molar-refractivity contribution is 7.13. The molecular weight excluding hydrogens is 288 g/mol. The zero-order valence-electron chi connectivity index (χ0n) is 11.7. The van der Waals surface area contributed by atoms with Gasteiger partial charge in [-0.1, -0.05) is 23.7 Å². The third kappa shape index (κ3) is 2.47. The van der Waals surface area contributed by atoms with E-state index < -0.39 is 0 Å². The molecule has 0 aliphatic heterocycles. The van der Waals surface area contributed by atoms with Gasteiger partial charge >= 0.3 is 0 Å². The fourth-order valence-electron chi connectivity index (χ4n) is 2.06. The number of nitrogens with one attached hydrogen (secondary N) is 1. The van der Waals surface area contributed by atoms with Crippen LogP contribution in [0.4, 0.5) is 5.69 Å². The minimum atomic E-state index is -0.236. The molecule has 0 bridgehead atoms. The first-order chi connectivity index (χ1) is 10.1. The van der Waals surface area contributed by atoms with E-state index in [9.17, 15) is 9.59 Å². The van der Waals surface area contributed by atoms with Gasteiger partial charge in [-0.3, -0.25) is 18.2 Å². The third-order valence-electron chi connectivity index (χ3n) is 3.35. The summed E-state index contributed by atoms with van der Waals surface area (Å²) in [6.45, 7) is 1.88. The Hall–Kier alpha value is -2.41. The molecule has 2 heterocycles. The molecular formula is C14H14N4O2S. The van der Waals surface area contributed by atoms with Crippen LogP contribution >= 0.6 is 11.5 Å². The molecule has 6 nitrogen and oxygen atoms in total. The van der Waals surface area contributed by atoms with Crippen molar-refractivity contribution in [2.24, 2.45) is 7.05 Å². The molecule has 1 N–H and O–H groups in total. The van der Waals surface area contributed by atoms with Crippen LogP contribution in [0.3, 0.4) is 0 Å². The third-order valence-corrected chi connectivity index (χ3v) is 4.42. The van der Waals surface area contributed by atoms with Gasteiger partial charge in [0, 0.05) is 7.05 Å². The molecule has 0 unspecified atom stereocenters. The molecule has 0 radical (unpaired) electrons. The Labute approximate surface area is 124 Å². The molecule has 0 saturated carbocycles. The monoisotopic (exact) mass is 302 g/mol. The maximum atomic E-state index is 12.2. The normalized spacial score (nSPS) is 11.0. The lowest BCUT2D eigenvalue weighted by Crippen LogP contribution is -2.23. The van der Waals surface area contributed by atoms with Crippen molar-refractivity contribution in [3.63, 3.8) is 0 Å². The molecule has 21 heavy (non-hydrogen) atoms. The zero-order chi connectivity index (χ0) is 15.0. The first-order valence-electron chi connectivity index (χ1n) is 6.43. The summed E-state index contributed by atoms with van der Waals surface area (Å²) < 4.78 is 4.03. The van der Waals surface area contributed by atoms with Crippen LogP contribution in [0.25, 0.3) is 10.1 Å². The molecule has 0 aliphatic rings. The number of carbonyl (C=O) groups excluding carboxylic acids is 1. The van der Waals surface area contributed by atoms with Gasteiger partial charge in [0.2, 0.25) is 5.91 Å². The van der Waals surface area contributed by atoms with Crippen LogP contribution in [0.2, 0.25) is 0 Å². The maximum Gasteiger partial charge on any atom is 0.268 e. The van der Waals surface area contributed by atoms with Crippen molar-refractivity contribution in [1.82, 2.24) is 13.7 Å². The Morgan fingerprint density at radius 3 is 2.81 bits per heavy atom. The predicted octanol–water partition coefficient (Wildman–Crippen LogP) is 1.74. The summed E-state index contributed by atoms with van der Waals surface area (Å²) in [5, 5.41) is 7.49. The van der Waals surface area contributed by atoms with Gasteiger partial charge in [0.1, 0.15) is 6.54 Å². The zero-order valence-corrected chi connectivity index (χ0v) is 12.5. The van der Waals surface area contributed by atoms with Gasteiger partial charge in [0.25, 0.3) is 5.56 Å². The first kappa shape index (κ1) is 13.6. The Kier molecular flexibility index (Phi) is 3.34. The highest BCUT2D eigenvalue weighted by Crippen LogP contribution is 2.16. The van der Waals surface area contributed by atoms with Crippen LogP contribution < -0.4 is 10.9 Å². The number of aryl methyl sites for hydroxylation is 1. The van der Waals surface area contributed by atoms with Crippen LogP contribution in [-0.2, 0) is 18.4 Å². The van der Waals surface area contributed by atoms with E-state index in [4.69, 9.17) is 0 Å². The van der Waals surface area contributed by atoms with Crippen LogP contribution in [0.5, 0.6) is 0 Å². The van der Waals surface area contributed by atoms with Crippen LogP contribution in [-0.4, -0.2) is 19.6 Å². The van der Waals surface area contributed by atoms with E-state index in [1.54, 1.807) is 16.9 Å². The Balaban J connectivity index is 1.82. The fraction of sp³-hybridized carbons (Fsp3) is 0.214. The van der Waals surface area contributed by atoms with Gasteiger partial charge in [-0.05, 0) is 19.1 Å². The van der Waals surface area contributed by atoms with Crippen molar-refractivity contribution in [1.29, 1.82) is 0 Å². The van der Waals surface area contributed by atoms with E-state index in [0.717, 1.165) is 10.4 Å². The number of nitrogens with zero attached hydrogens (tertiary/aromatic N) is 3. The largest absolute Gasteiger partial charge is 0.322 e. The molecule has 3 rings (SSSR count). The summed E-state index contributed by atoms with van der Waals surface area (Å²) in [4.78, 5) is 24.2. The molecule has 108 valence electrons. The lowest BCUT2D eigenvalue weighted by Gasteiger charge is -2.04. The average Bonchev–Trinajstić information content (AvgIpc) is 2.94. The summed E-state index contributed by atoms with van der Waals surface area (Å²) in [5.41, 5.74) is 1.40. The van der Waals surface area contributed by atoms with E-state index in [2.05, 4.69) is 10.4 Å². The Morgan fingerprint density at radius 1 is 1.38 bits per heavy atom. The topological polar surface area (TPSA) is 68.9 Å². The van der Waals surface area contributed by atoms with Gasteiger partial charge in [0.05, 0.1) is 27.7 Å². The summed E-state index contributed by atoms with van der Waals surface area (Å²) in [6, 6.07) is 7.34. The van der Waals surface area contributed by atoms with Crippen molar-refractivity contribution < 1.29 is 4.79 Å². The van der Waals surface area contributed by atoms with E-state index in [0.29, 0.717) is 11.1 Å². The summed E-state index contributed by atoms with van der Waals surface area (Å²) in [7, 11) is 1.81. The minimum absolute atomic E-state index is 0.00646. The van der Waals surface area contributed by atoms with Gasteiger partial charge in [-0.2, -0.15) is 5.10 Å². The molecule has 0 atom stereocenters. The van der Waals surface area contributed by atoms with Gasteiger partial charge in [-0.15, -0.1) is 0 Å². The van der Waals surface area contributed by atoms with E-state index >= 15 is 0 Å². The molecule has 0 aliphatic carbocycles. The van der Waals surface area contributed by atoms with Gasteiger partial charge < -0.3 is 5.32 Å². The average molecular weight is 302 g/mol. The quantitative estimate of drug-likeness (QED) is 0.801. The van der Waals surface area contributed by atoms with E-state index in [1.165, 1.54) is 15.5 Å². The SMILES string of the molecule is Cc1c(NC(=O)Cn2sc3ccccc3c2=O)cnn1C. The van der Waals surface area contributed by atoms with Crippen LogP contribution in [0.1, 0.15) is 5.69 Å². The van der Waals surface area contributed by atoms with Crippen molar-refractivity contribution in [3.05, 3.63) is 46.5 Å². The van der Waals surface area contributed by atoms with Crippen molar-refractivity contribution in [3.8, 4) is 0 Å². The van der Waals surface area contributed by atoms with Crippen molar-refractivity contribution in [2.45, 2.75) is 13.5 Å². The highest BCUT2D eigenvalue weighted by Gasteiger charge is 2.12. The molecule has 1 amide bonds. The molecule has 0 fully saturated rings. The second-order valence-corrected chi connectivity index (χ2v) is 5.81. The Morgan fingerprint density at radius 2 is 2.14 bits per heavy atom. The summed E-state index contributed by atoms with van der Waals surface area (Å²) in [5.74, 6) is -0.236. The molecule has 0 saturated heterocycles. The summed E-state index contributed by atoms with van der Waals surface area (Å²) >= 11 is 1.29. The van der Waals surface area contributed by atoms with Crippen molar-refractivity contribution in [2.75, 3.05) is 5.32 Å². The smallest absolute Gasteiger partial charge is 0.268 e. The van der Waals surface area contributed by atoms with E-state index in [-0.39, 0.29) is 18.0 Å². The van der Waals surface area contributed by atoms with Gasteiger partial charge in [-0.25, -0.2) is 0 Å². The number of fused-ring (bicyclic) bond motifs is 1. The van der Waals surface area contributed by atoms with Gasteiger partial charge in [0.15, 0.2) is 0 Å². The van der Waals surface area contributed by atoms with Crippen LogP contribution in [0, 0.1) is 6.92 Å². The number of anilines is 1. The minimum Gasteiger partial charge on any atom is -0.322 e. The first-order valence-corrected chi connectivity index (χ1v) is 7.21. The molecule has 0 spiro atoms. The molecule has 7 heteroatoms. The predicted molar refractivity (Wildman–Crippen MR) is 82.7 cm³/mol. The number of hydrogen-bond acceptors (Lipinski definition) is 4. The van der Waals surface area contributed by atoms with E-state index in [1.807, 2.05) is 32.2 Å². The molecule has 3 aromatic rings.